The van der Waals surface area contributed by atoms with Crippen LogP contribution in [0.3, 0.4) is 0 Å². The maximum absolute atomic E-state index is 11.2. The first-order chi connectivity index (χ1) is 9.97. The molecular weight excluding hydrogens is 270 g/mol. The van der Waals surface area contributed by atoms with Crippen molar-refractivity contribution in [3.63, 3.8) is 0 Å². The van der Waals surface area contributed by atoms with Gasteiger partial charge in [0.1, 0.15) is 5.69 Å². The lowest BCUT2D eigenvalue weighted by molar-refractivity contribution is -0.384. The Morgan fingerprint density at radius 1 is 1.38 bits per heavy atom. The number of hydrogen-bond donors (Lipinski definition) is 1. The number of nitro groups is 1. The highest BCUT2D eigenvalue weighted by atomic mass is 16.6. The predicted molar refractivity (Wildman–Crippen MR) is 81.3 cm³/mol. The van der Waals surface area contributed by atoms with Crippen LogP contribution in [0.25, 0.3) is 0 Å². The average Bonchev–Trinajstić information content (AvgIpc) is 2.91. The summed E-state index contributed by atoms with van der Waals surface area (Å²) >= 11 is 0. The zero-order valence-electron chi connectivity index (χ0n) is 12.3. The van der Waals surface area contributed by atoms with Crippen molar-refractivity contribution in [2.45, 2.75) is 13.3 Å². The molecule has 7 heteroatoms. The van der Waals surface area contributed by atoms with E-state index in [1.807, 2.05) is 19.2 Å². The van der Waals surface area contributed by atoms with Crippen molar-refractivity contribution >= 4 is 22.9 Å². The van der Waals surface area contributed by atoms with Gasteiger partial charge in [-0.2, -0.15) is 5.10 Å². The molecule has 2 heterocycles. The second-order valence-corrected chi connectivity index (χ2v) is 5.30. The lowest BCUT2D eigenvalue weighted by atomic mass is 10.1. The van der Waals surface area contributed by atoms with Gasteiger partial charge in [0, 0.05) is 32.0 Å². The number of likely N-dealkylation sites (N-methyl/N-ethyl adjacent to an activating group) is 1. The highest BCUT2D eigenvalue weighted by Gasteiger charge is 2.24. The minimum atomic E-state index is -0.399. The molecule has 1 aliphatic rings. The fourth-order valence-electron chi connectivity index (χ4n) is 2.76. The maximum Gasteiger partial charge on any atom is 0.334 e. The van der Waals surface area contributed by atoms with E-state index in [0.717, 1.165) is 18.7 Å². The second kappa shape index (κ2) is 4.76. The zero-order valence-corrected chi connectivity index (χ0v) is 12.3. The molecule has 2 aromatic rings. The fourth-order valence-corrected chi connectivity index (χ4v) is 2.76. The minimum absolute atomic E-state index is 0.0198. The molecule has 0 atom stereocenters. The van der Waals surface area contributed by atoms with E-state index in [4.69, 9.17) is 0 Å². The van der Waals surface area contributed by atoms with Crippen LogP contribution in [0.1, 0.15) is 11.3 Å². The van der Waals surface area contributed by atoms with E-state index in [2.05, 4.69) is 21.4 Å². The van der Waals surface area contributed by atoms with E-state index in [9.17, 15) is 10.1 Å². The van der Waals surface area contributed by atoms with Gasteiger partial charge >= 0.3 is 5.69 Å². The number of aryl methyl sites for hydroxylation is 2. The SMILES string of the molecule is Cc1nn(C)c(Nc2ccc3c(c2)N(C)CC3)c1[N+](=O)[O-]. The van der Waals surface area contributed by atoms with Gasteiger partial charge in [0.15, 0.2) is 0 Å². The predicted octanol–water partition coefficient (Wildman–Crippen LogP) is 2.37. The van der Waals surface area contributed by atoms with Crippen molar-refractivity contribution in [2.24, 2.45) is 7.05 Å². The Balaban J connectivity index is 1.98. The van der Waals surface area contributed by atoms with Gasteiger partial charge in [0.25, 0.3) is 0 Å². The lowest BCUT2D eigenvalue weighted by Crippen LogP contribution is -2.12. The van der Waals surface area contributed by atoms with E-state index in [-0.39, 0.29) is 5.69 Å². The van der Waals surface area contributed by atoms with Crippen LogP contribution in [0, 0.1) is 17.0 Å². The largest absolute Gasteiger partial charge is 0.374 e. The lowest BCUT2D eigenvalue weighted by Gasteiger charge is -2.14. The van der Waals surface area contributed by atoms with E-state index in [1.54, 1.807) is 14.0 Å². The molecule has 110 valence electrons. The molecule has 7 nitrogen and oxygen atoms in total. The van der Waals surface area contributed by atoms with E-state index < -0.39 is 4.92 Å². The molecule has 1 aromatic carbocycles. The Labute approximate surface area is 122 Å². The molecule has 0 aliphatic carbocycles. The summed E-state index contributed by atoms with van der Waals surface area (Å²) < 4.78 is 1.50. The summed E-state index contributed by atoms with van der Waals surface area (Å²) in [6.07, 6.45) is 1.04. The van der Waals surface area contributed by atoms with Gasteiger partial charge in [0.2, 0.25) is 5.82 Å². The van der Waals surface area contributed by atoms with Gasteiger partial charge in [-0.05, 0) is 31.0 Å². The Hall–Kier alpha value is -2.57. The Morgan fingerprint density at radius 3 is 2.86 bits per heavy atom. The molecule has 0 bridgehead atoms. The fraction of sp³-hybridized carbons (Fsp3) is 0.357. The number of nitrogens with zero attached hydrogens (tertiary/aromatic N) is 4. The molecule has 1 aliphatic heterocycles. The van der Waals surface area contributed by atoms with E-state index in [0.29, 0.717) is 11.5 Å². The molecule has 0 fully saturated rings. The van der Waals surface area contributed by atoms with Crippen LogP contribution < -0.4 is 10.2 Å². The van der Waals surface area contributed by atoms with Gasteiger partial charge in [-0.25, -0.2) is 4.68 Å². The van der Waals surface area contributed by atoms with Crippen molar-refractivity contribution in [1.82, 2.24) is 9.78 Å². The van der Waals surface area contributed by atoms with Crippen LogP contribution in [0.15, 0.2) is 18.2 Å². The van der Waals surface area contributed by atoms with Crippen LogP contribution in [0.4, 0.5) is 22.9 Å². The van der Waals surface area contributed by atoms with E-state index >= 15 is 0 Å². The van der Waals surface area contributed by atoms with Crippen molar-refractivity contribution < 1.29 is 4.92 Å². The number of anilines is 3. The summed E-state index contributed by atoms with van der Waals surface area (Å²) in [4.78, 5) is 13.0. The third-order valence-electron chi connectivity index (χ3n) is 3.85. The molecule has 0 amide bonds. The first-order valence-electron chi connectivity index (χ1n) is 6.76. The summed E-state index contributed by atoms with van der Waals surface area (Å²) in [6.45, 7) is 2.64. The molecule has 0 spiro atoms. The van der Waals surface area contributed by atoms with Crippen LogP contribution in [0.2, 0.25) is 0 Å². The van der Waals surface area contributed by atoms with Crippen LogP contribution in [-0.4, -0.2) is 28.3 Å². The summed E-state index contributed by atoms with van der Waals surface area (Å²) in [6, 6.07) is 6.04. The second-order valence-electron chi connectivity index (χ2n) is 5.30. The standard InChI is InChI=1S/C14H17N5O2/c1-9-13(19(20)21)14(18(3)16-9)15-11-5-4-10-6-7-17(2)12(10)8-11/h4-5,8,15H,6-7H2,1-3H3. The van der Waals surface area contributed by atoms with Gasteiger partial charge < -0.3 is 10.2 Å². The zero-order chi connectivity index (χ0) is 15.1. The topological polar surface area (TPSA) is 76.2 Å². The molecule has 1 aromatic heterocycles. The average molecular weight is 287 g/mol. The Morgan fingerprint density at radius 2 is 2.14 bits per heavy atom. The van der Waals surface area contributed by atoms with Crippen molar-refractivity contribution in [2.75, 3.05) is 23.8 Å². The quantitative estimate of drug-likeness (QED) is 0.693. The summed E-state index contributed by atoms with van der Waals surface area (Å²) in [5, 5.41) is 18.4. The first kappa shape index (κ1) is 13.4. The summed E-state index contributed by atoms with van der Waals surface area (Å²) in [7, 11) is 3.74. The van der Waals surface area contributed by atoms with Crippen LogP contribution in [-0.2, 0) is 13.5 Å². The van der Waals surface area contributed by atoms with Crippen molar-refractivity contribution in [1.29, 1.82) is 0 Å². The Kier molecular flexibility index (Phi) is 3.04. The number of rotatable bonds is 3. The monoisotopic (exact) mass is 287 g/mol. The molecule has 1 N–H and O–H groups in total. The van der Waals surface area contributed by atoms with Gasteiger partial charge in [0.05, 0.1) is 4.92 Å². The van der Waals surface area contributed by atoms with Crippen molar-refractivity contribution in [3.8, 4) is 0 Å². The summed E-state index contributed by atoms with van der Waals surface area (Å²) in [5.41, 5.74) is 3.73. The van der Waals surface area contributed by atoms with Crippen molar-refractivity contribution in [3.05, 3.63) is 39.6 Å². The van der Waals surface area contributed by atoms with Gasteiger partial charge in [-0.1, -0.05) is 6.07 Å². The third-order valence-corrected chi connectivity index (χ3v) is 3.85. The molecule has 0 saturated carbocycles. The summed E-state index contributed by atoms with van der Waals surface area (Å²) in [5.74, 6) is 0.401. The number of aromatic nitrogens is 2. The number of fused-ring (bicyclic) bond motifs is 1. The molecule has 3 rings (SSSR count). The number of nitrogens with one attached hydrogen (secondary N) is 1. The molecule has 0 unspecified atom stereocenters. The van der Waals surface area contributed by atoms with Crippen LogP contribution in [0.5, 0.6) is 0 Å². The number of hydrogen-bond acceptors (Lipinski definition) is 5. The number of benzene rings is 1. The Bertz CT molecular complexity index is 722. The third kappa shape index (κ3) is 2.20. The highest BCUT2D eigenvalue weighted by molar-refractivity contribution is 5.72. The van der Waals surface area contributed by atoms with Gasteiger partial charge in [-0.15, -0.1) is 0 Å². The van der Waals surface area contributed by atoms with Gasteiger partial charge in [-0.3, -0.25) is 10.1 Å². The smallest absolute Gasteiger partial charge is 0.334 e. The molecule has 0 saturated heterocycles. The minimum Gasteiger partial charge on any atom is -0.374 e. The molecular formula is C14H17N5O2. The normalized spacial score (nSPS) is 13.4. The van der Waals surface area contributed by atoms with E-state index in [1.165, 1.54) is 15.9 Å². The molecule has 21 heavy (non-hydrogen) atoms. The highest BCUT2D eigenvalue weighted by Crippen LogP contribution is 2.34. The molecule has 0 radical (unpaired) electrons. The maximum atomic E-state index is 11.2. The first-order valence-corrected chi connectivity index (χ1v) is 6.76. The van der Waals surface area contributed by atoms with Crippen LogP contribution >= 0.6 is 0 Å².